The normalized spacial score (nSPS) is 21.4. The van der Waals surface area contributed by atoms with E-state index in [4.69, 9.17) is 4.74 Å². The Hall–Kier alpha value is -0.380. The Balaban J connectivity index is 1.88. The molecule has 2 nitrogen and oxygen atoms in total. The summed E-state index contributed by atoms with van der Waals surface area (Å²) in [5, 5.41) is 3.29. The van der Waals surface area contributed by atoms with Crippen LogP contribution in [-0.4, -0.2) is 19.2 Å². The van der Waals surface area contributed by atoms with E-state index in [0.717, 1.165) is 24.0 Å². The molecule has 1 atom stereocenters. The van der Waals surface area contributed by atoms with Crippen molar-refractivity contribution in [2.45, 2.75) is 19.1 Å². The van der Waals surface area contributed by atoms with Gasteiger partial charge in [-0.25, -0.2) is 0 Å². The van der Waals surface area contributed by atoms with Crippen molar-refractivity contribution in [2.75, 3.05) is 13.1 Å². The van der Waals surface area contributed by atoms with Crippen molar-refractivity contribution in [3.63, 3.8) is 0 Å². The van der Waals surface area contributed by atoms with Gasteiger partial charge < -0.3 is 10.1 Å². The van der Waals surface area contributed by atoms with E-state index >= 15 is 0 Å². The first-order chi connectivity index (χ1) is 6.86. The van der Waals surface area contributed by atoms with Gasteiger partial charge in [0.2, 0.25) is 0 Å². The lowest BCUT2D eigenvalue weighted by molar-refractivity contribution is 0.0539. The molecule has 76 valence electrons. The third-order valence-corrected chi connectivity index (χ3v) is 3.22. The fourth-order valence-electron chi connectivity index (χ4n) is 1.59. The van der Waals surface area contributed by atoms with Crippen molar-refractivity contribution < 1.29 is 4.74 Å². The van der Waals surface area contributed by atoms with Crippen LogP contribution in [0.3, 0.4) is 0 Å². The molecule has 0 aromatic heterocycles. The van der Waals surface area contributed by atoms with Crippen molar-refractivity contribution in [3.05, 3.63) is 34.3 Å². The Morgan fingerprint density at radius 1 is 1.43 bits per heavy atom. The molecule has 0 radical (unpaired) electrons. The maximum atomic E-state index is 5.78. The maximum absolute atomic E-state index is 5.78. The minimum Gasteiger partial charge on any atom is -0.372 e. The molecule has 1 aromatic rings. The lowest BCUT2D eigenvalue weighted by atomic mass is 10.2. The minimum atomic E-state index is 0.391. The van der Waals surface area contributed by atoms with Gasteiger partial charge >= 0.3 is 0 Å². The van der Waals surface area contributed by atoms with Crippen LogP contribution in [-0.2, 0) is 11.3 Å². The Kier molecular flexibility index (Phi) is 3.56. The number of hydrogen-bond acceptors (Lipinski definition) is 2. The highest BCUT2D eigenvalue weighted by Crippen LogP contribution is 2.18. The average Bonchev–Trinajstić information content (AvgIpc) is 2.69. The maximum Gasteiger partial charge on any atom is 0.0732 e. The lowest BCUT2D eigenvalue weighted by Gasteiger charge is -2.11. The van der Waals surface area contributed by atoms with E-state index in [1.807, 2.05) is 18.2 Å². The second kappa shape index (κ2) is 4.91. The first-order valence-corrected chi connectivity index (χ1v) is 5.71. The SMILES string of the molecule is Brc1ccccc1CO[C@H]1CCNC1. The van der Waals surface area contributed by atoms with Crippen LogP contribution in [0.1, 0.15) is 12.0 Å². The Labute approximate surface area is 92.8 Å². The highest BCUT2D eigenvalue weighted by atomic mass is 79.9. The van der Waals surface area contributed by atoms with Gasteiger partial charge in [0.25, 0.3) is 0 Å². The highest BCUT2D eigenvalue weighted by molar-refractivity contribution is 9.10. The summed E-state index contributed by atoms with van der Waals surface area (Å²) in [5.74, 6) is 0. The van der Waals surface area contributed by atoms with Crippen LogP contribution >= 0.6 is 15.9 Å². The predicted molar refractivity (Wildman–Crippen MR) is 60.2 cm³/mol. The van der Waals surface area contributed by atoms with Crippen LogP contribution in [0.2, 0.25) is 0 Å². The molecule has 1 aliphatic heterocycles. The summed E-state index contributed by atoms with van der Waals surface area (Å²) in [7, 11) is 0. The van der Waals surface area contributed by atoms with Crippen LogP contribution in [0.15, 0.2) is 28.7 Å². The monoisotopic (exact) mass is 255 g/mol. The molecule has 0 amide bonds. The third-order valence-electron chi connectivity index (χ3n) is 2.45. The lowest BCUT2D eigenvalue weighted by Crippen LogP contribution is -2.16. The number of hydrogen-bond donors (Lipinski definition) is 1. The Morgan fingerprint density at radius 2 is 2.29 bits per heavy atom. The second-order valence-electron chi connectivity index (χ2n) is 3.52. The van der Waals surface area contributed by atoms with Crippen molar-refractivity contribution >= 4 is 15.9 Å². The third kappa shape index (κ3) is 2.56. The van der Waals surface area contributed by atoms with E-state index in [2.05, 4.69) is 27.3 Å². The number of nitrogens with one attached hydrogen (secondary N) is 1. The van der Waals surface area contributed by atoms with Gasteiger partial charge in [0.05, 0.1) is 12.7 Å². The van der Waals surface area contributed by atoms with E-state index in [1.165, 1.54) is 5.56 Å². The van der Waals surface area contributed by atoms with Crippen LogP contribution in [0.25, 0.3) is 0 Å². The molecule has 0 aliphatic carbocycles. The number of ether oxygens (including phenoxy) is 1. The molecule has 0 unspecified atom stereocenters. The van der Waals surface area contributed by atoms with Crippen LogP contribution in [0.4, 0.5) is 0 Å². The summed E-state index contributed by atoms with van der Waals surface area (Å²) in [6, 6.07) is 8.19. The van der Waals surface area contributed by atoms with Gasteiger partial charge in [-0.3, -0.25) is 0 Å². The number of halogens is 1. The number of rotatable bonds is 3. The Bertz CT molecular complexity index is 297. The van der Waals surface area contributed by atoms with E-state index in [9.17, 15) is 0 Å². The zero-order valence-electron chi connectivity index (χ0n) is 8.00. The molecular formula is C11H14BrNO. The van der Waals surface area contributed by atoms with E-state index in [0.29, 0.717) is 12.7 Å². The quantitative estimate of drug-likeness (QED) is 0.896. The summed E-state index contributed by atoms with van der Waals surface area (Å²) in [4.78, 5) is 0. The molecule has 0 bridgehead atoms. The van der Waals surface area contributed by atoms with Crippen molar-refractivity contribution in [1.29, 1.82) is 0 Å². The molecule has 1 fully saturated rings. The first-order valence-electron chi connectivity index (χ1n) is 4.92. The molecule has 14 heavy (non-hydrogen) atoms. The summed E-state index contributed by atoms with van der Waals surface area (Å²) in [6.07, 6.45) is 1.52. The van der Waals surface area contributed by atoms with Crippen molar-refractivity contribution in [3.8, 4) is 0 Å². The largest absolute Gasteiger partial charge is 0.372 e. The van der Waals surface area contributed by atoms with E-state index < -0.39 is 0 Å². The zero-order chi connectivity index (χ0) is 9.80. The van der Waals surface area contributed by atoms with Gasteiger partial charge in [0.15, 0.2) is 0 Å². The predicted octanol–water partition coefficient (Wildman–Crippen LogP) is 2.33. The molecule has 3 heteroatoms. The molecule has 1 N–H and O–H groups in total. The zero-order valence-corrected chi connectivity index (χ0v) is 9.59. The molecule has 0 spiro atoms. The highest BCUT2D eigenvalue weighted by Gasteiger charge is 2.14. The Morgan fingerprint density at radius 3 is 3.00 bits per heavy atom. The van der Waals surface area contributed by atoms with E-state index in [-0.39, 0.29) is 0 Å². The topological polar surface area (TPSA) is 21.3 Å². The minimum absolute atomic E-state index is 0.391. The molecule has 1 saturated heterocycles. The van der Waals surface area contributed by atoms with Crippen LogP contribution < -0.4 is 5.32 Å². The fraction of sp³-hybridized carbons (Fsp3) is 0.455. The van der Waals surface area contributed by atoms with Crippen LogP contribution in [0.5, 0.6) is 0 Å². The van der Waals surface area contributed by atoms with Crippen LogP contribution in [0, 0.1) is 0 Å². The van der Waals surface area contributed by atoms with Gasteiger partial charge in [0, 0.05) is 11.0 Å². The summed E-state index contributed by atoms with van der Waals surface area (Å²) in [6.45, 7) is 2.78. The van der Waals surface area contributed by atoms with Gasteiger partial charge in [-0.2, -0.15) is 0 Å². The standard InChI is InChI=1S/C11H14BrNO/c12-11-4-2-1-3-9(11)8-14-10-5-6-13-7-10/h1-4,10,13H,5-8H2/t10-/m0/s1. The molecule has 1 aromatic carbocycles. The van der Waals surface area contributed by atoms with Gasteiger partial charge in [-0.1, -0.05) is 34.1 Å². The average molecular weight is 256 g/mol. The smallest absolute Gasteiger partial charge is 0.0732 e. The van der Waals surface area contributed by atoms with Gasteiger partial charge in [-0.05, 0) is 24.6 Å². The molecule has 1 heterocycles. The molecule has 2 rings (SSSR count). The fourth-order valence-corrected chi connectivity index (χ4v) is 1.99. The van der Waals surface area contributed by atoms with Crippen molar-refractivity contribution in [1.82, 2.24) is 5.32 Å². The number of benzene rings is 1. The van der Waals surface area contributed by atoms with E-state index in [1.54, 1.807) is 0 Å². The summed E-state index contributed by atoms with van der Waals surface area (Å²) >= 11 is 3.51. The molecule has 1 aliphatic rings. The molecular weight excluding hydrogens is 242 g/mol. The second-order valence-corrected chi connectivity index (χ2v) is 4.37. The molecule has 0 saturated carbocycles. The first kappa shape index (κ1) is 10.1. The van der Waals surface area contributed by atoms with Crippen molar-refractivity contribution in [2.24, 2.45) is 0 Å². The van der Waals surface area contributed by atoms with Gasteiger partial charge in [-0.15, -0.1) is 0 Å². The summed E-state index contributed by atoms with van der Waals surface area (Å²) < 4.78 is 6.91. The van der Waals surface area contributed by atoms with Gasteiger partial charge in [0.1, 0.15) is 0 Å². The summed E-state index contributed by atoms with van der Waals surface area (Å²) in [5.41, 5.74) is 1.22.